The zero-order valence-corrected chi connectivity index (χ0v) is 12.1. The standard InChI is InChI=1S/C19H19N/c1-13-10-14(2)18-15(11-13)6-5-9-19(18)12-20-17-8-4-3-7-16(17)19/h3-4,7-8,10-12H,5-6,9H2,1-2H3. The van der Waals surface area contributed by atoms with Crippen LogP contribution in [-0.2, 0) is 11.8 Å². The Hall–Kier alpha value is -1.89. The molecule has 1 atom stereocenters. The van der Waals surface area contributed by atoms with Gasteiger partial charge in [0.1, 0.15) is 0 Å². The van der Waals surface area contributed by atoms with E-state index in [0.29, 0.717) is 0 Å². The van der Waals surface area contributed by atoms with Gasteiger partial charge in [0, 0.05) is 6.21 Å². The van der Waals surface area contributed by atoms with E-state index in [1.165, 1.54) is 47.1 Å². The van der Waals surface area contributed by atoms with Crippen molar-refractivity contribution in [1.29, 1.82) is 0 Å². The highest BCUT2D eigenvalue weighted by Gasteiger charge is 2.42. The number of benzene rings is 2. The second-order valence-electron chi connectivity index (χ2n) is 6.22. The van der Waals surface area contributed by atoms with Gasteiger partial charge in [0.2, 0.25) is 0 Å². The van der Waals surface area contributed by atoms with E-state index in [9.17, 15) is 0 Å². The molecule has 0 amide bonds. The van der Waals surface area contributed by atoms with E-state index in [1.807, 2.05) is 0 Å². The van der Waals surface area contributed by atoms with Crippen molar-refractivity contribution in [1.82, 2.24) is 0 Å². The number of para-hydroxylation sites is 1. The average Bonchev–Trinajstić information content (AvgIpc) is 2.78. The van der Waals surface area contributed by atoms with Gasteiger partial charge < -0.3 is 0 Å². The van der Waals surface area contributed by atoms with Crippen LogP contribution in [0.15, 0.2) is 41.4 Å². The summed E-state index contributed by atoms with van der Waals surface area (Å²) < 4.78 is 0. The third-order valence-electron chi connectivity index (χ3n) is 4.83. The van der Waals surface area contributed by atoms with Crippen molar-refractivity contribution in [3.05, 3.63) is 64.2 Å². The van der Waals surface area contributed by atoms with Gasteiger partial charge >= 0.3 is 0 Å². The average molecular weight is 261 g/mol. The van der Waals surface area contributed by atoms with Crippen LogP contribution in [-0.4, -0.2) is 6.21 Å². The number of aliphatic imine (C=N–C) groups is 1. The lowest BCUT2D eigenvalue weighted by molar-refractivity contribution is 0.553. The van der Waals surface area contributed by atoms with Crippen molar-refractivity contribution in [2.75, 3.05) is 0 Å². The van der Waals surface area contributed by atoms with Gasteiger partial charge in [-0.15, -0.1) is 0 Å². The van der Waals surface area contributed by atoms with Crippen LogP contribution >= 0.6 is 0 Å². The summed E-state index contributed by atoms with van der Waals surface area (Å²) in [5.41, 5.74) is 8.42. The molecule has 2 aromatic rings. The Morgan fingerprint density at radius 1 is 1.10 bits per heavy atom. The van der Waals surface area contributed by atoms with Crippen molar-refractivity contribution in [2.24, 2.45) is 4.99 Å². The fourth-order valence-electron chi connectivity index (χ4n) is 4.18. The molecule has 1 heterocycles. The minimum absolute atomic E-state index is 0.0297. The highest BCUT2D eigenvalue weighted by molar-refractivity contribution is 5.90. The van der Waals surface area contributed by atoms with Crippen molar-refractivity contribution < 1.29 is 0 Å². The lowest BCUT2D eigenvalue weighted by atomic mass is 9.65. The van der Waals surface area contributed by atoms with Crippen LogP contribution < -0.4 is 0 Å². The minimum atomic E-state index is 0.0297. The molecule has 0 fully saturated rings. The van der Waals surface area contributed by atoms with Gasteiger partial charge in [0.25, 0.3) is 0 Å². The maximum Gasteiger partial charge on any atom is 0.0671 e. The monoisotopic (exact) mass is 261 g/mol. The lowest BCUT2D eigenvalue weighted by Gasteiger charge is -2.36. The van der Waals surface area contributed by atoms with E-state index in [-0.39, 0.29) is 5.41 Å². The van der Waals surface area contributed by atoms with Gasteiger partial charge in [-0.1, -0.05) is 35.9 Å². The Kier molecular flexibility index (Phi) is 2.41. The van der Waals surface area contributed by atoms with Crippen LogP contribution in [0.1, 0.15) is 40.7 Å². The molecule has 1 unspecified atom stereocenters. The Bertz CT molecular complexity index is 727. The van der Waals surface area contributed by atoms with Crippen LogP contribution in [0.3, 0.4) is 0 Å². The van der Waals surface area contributed by atoms with Gasteiger partial charge in [-0.25, -0.2) is 0 Å². The molecule has 0 bridgehead atoms. The molecule has 0 aromatic heterocycles. The SMILES string of the molecule is Cc1cc(C)c2c(c1)CCCC21C=Nc2ccccc21. The molecule has 0 radical (unpaired) electrons. The number of aryl methyl sites for hydroxylation is 3. The summed E-state index contributed by atoms with van der Waals surface area (Å²) in [5.74, 6) is 0. The van der Waals surface area contributed by atoms with Gasteiger partial charge in [0.05, 0.1) is 11.1 Å². The Morgan fingerprint density at radius 2 is 1.95 bits per heavy atom. The van der Waals surface area contributed by atoms with Crippen LogP contribution in [0.5, 0.6) is 0 Å². The smallest absolute Gasteiger partial charge is 0.0671 e. The zero-order valence-electron chi connectivity index (χ0n) is 12.1. The second-order valence-corrected chi connectivity index (χ2v) is 6.22. The first-order valence-corrected chi connectivity index (χ1v) is 7.46. The number of hydrogen-bond donors (Lipinski definition) is 0. The molecular weight excluding hydrogens is 242 g/mol. The van der Waals surface area contributed by atoms with E-state index >= 15 is 0 Å². The maximum absolute atomic E-state index is 4.71. The van der Waals surface area contributed by atoms with Gasteiger partial charge in [0.15, 0.2) is 0 Å². The van der Waals surface area contributed by atoms with Gasteiger partial charge in [-0.05, 0) is 61.4 Å². The Balaban J connectivity index is 2.03. The second kappa shape index (κ2) is 4.05. The normalized spacial score (nSPS) is 22.9. The van der Waals surface area contributed by atoms with Crippen molar-refractivity contribution in [3.8, 4) is 0 Å². The van der Waals surface area contributed by atoms with Gasteiger partial charge in [-0.2, -0.15) is 0 Å². The van der Waals surface area contributed by atoms with Crippen LogP contribution in [0.25, 0.3) is 0 Å². The molecule has 20 heavy (non-hydrogen) atoms. The number of fused-ring (bicyclic) bond motifs is 4. The van der Waals surface area contributed by atoms with E-state index in [0.717, 1.165) is 5.69 Å². The predicted molar refractivity (Wildman–Crippen MR) is 84.2 cm³/mol. The summed E-state index contributed by atoms with van der Waals surface area (Å²) >= 11 is 0. The minimum Gasteiger partial charge on any atom is -0.260 e. The first kappa shape index (κ1) is 11.9. The molecule has 1 aliphatic carbocycles. The Morgan fingerprint density at radius 3 is 2.85 bits per heavy atom. The molecule has 1 nitrogen and oxygen atoms in total. The van der Waals surface area contributed by atoms with Crippen molar-refractivity contribution in [2.45, 2.75) is 38.5 Å². The molecule has 0 saturated heterocycles. The number of hydrogen-bond acceptors (Lipinski definition) is 1. The first-order chi connectivity index (χ1) is 9.71. The van der Waals surface area contributed by atoms with E-state index in [1.54, 1.807) is 0 Å². The van der Waals surface area contributed by atoms with Crippen molar-refractivity contribution >= 4 is 11.9 Å². The predicted octanol–water partition coefficient (Wildman–Crippen LogP) is 4.64. The third-order valence-corrected chi connectivity index (χ3v) is 4.83. The molecule has 1 aliphatic heterocycles. The lowest BCUT2D eigenvalue weighted by Crippen LogP contribution is -2.33. The molecule has 0 N–H and O–H groups in total. The van der Waals surface area contributed by atoms with E-state index in [2.05, 4.69) is 56.5 Å². The van der Waals surface area contributed by atoms with Crippen molar-refractivity contribution in [3.63, 3.8) is 0 Å². The van der Waals surface area contributed by atoms with E-state index < -0.39 is 0 Å². The number of rotatable bonds is 0. The van der Waals surface area contributed by atoms with Crippen LogP contribution in [0.4, 0.5) is 5.69 Å². The van der Waals surface area contributed by atoms with Crippen LogP contribution in [0, 0.1) is 13.8 Å². The molecule has 1 spiro atoms. The summed E-state index contributed by atoms with van der Waals surface area (Å²) in [6, 6.07) is 13.3. The molecule has 0 saturated carbocycles. The molecule has 1 heteroatoms. The number of nitrogens with zero attached hydrogens (tertiary/aromatic N) is 1. The Labute approximate surface area is 120 Å². The largest absolute Gasteiger partial charge is 0.260 e. The van der Waals surface area contributed by atoms with Gasteiger partial charge in [-0.3, -0.25) is 4.99 Å². The summed E-state index contributed by atoms with van der Waals surface area (Å²) in [4.78, 5) is 4.71. The molecular formula is C19H19N. The summed E-state index contributed by atoms with van der Waals surface area (Å²) in [5, 5.41) is 0. The fourth-order valence-corrected chi connectivity index (χ4v) is 4.18. The highest BCUT2D eigenvalue weighted by Crippen LogP contribution is 2.49. The third kappa shape index (κ3) is 1.46. The molecule has 2 aliphatic rings. The van der Waals surface area contributed by atoms with Crippen LogP contribution in [0.2, 0.25) is 0 Å². The summed E-state index contributed by atoms with van der Waals surface area (Å²) in [6.07, 6.45) is 5.84. The summed E-state index contributed by atoms with van der Waals surface area (Å²) in [6.45, 7) is 4.46. The maximum atomic E-state index is 4.71. The first-order valence-electron chi connectivity index (χ1n) is 7.46. The zero-order chi connectivity index (χ0) is 13.7. The summed E-state index contributed by atoms with van der Waals surface area (Å²) in [7, 11) is 0. The highest BCUT2D eigenvalue weighted by atomic mass is 14.8. The molecule has 4 rings (SSSR count). The van der Waals surface area contributed by atoms with E-state index in [4.69, 9.17) is 4.99 Å². The fraction of sp³-hybridized carbons (Fsp3) is 0.316. The quantitative estimate of drug-likeness (QED) is 0.655. The topological polar surface area (TPSA) is 12.4 Å². The molecule has 2 aromatic carbocycles. The molecule has 100 valence electrons.